The molecule has 0 atom stereocenters. The molecule has 3 heterocycles. The molecule has 2 aromatic rings. The lowest BCUT2D eigenvalue weighted by Gasteiger charge is -2.34. The van der Waals surface area contributed by atoms with E-state index in [-0.39, 0.29) is 12.5 Å². The van der Waals surface area contributed by atoms with Crippen LogP contribution < -0.4 is 0 Å². The monoisotopic (exact) mass is 330 g/mol. The van der Waals surface area contributed by atoms with Crippen LogP contribution >= 0.6 is 0 Å². The number of pyridine rings is 1. The SMILES string of the molecule is CCOC(=O)C(=O)N1CCN(C(=O)c2cccc3ccnn23)CC1. The molecule has 1 aliphatic rings. The third-order valence-electron chi connectivity index (χ3n) is 3.94. The van der Waals surface area contributed by atoms with E-state index in [2.05, 4.69) is 5.10 Å². The van der Waals surface area contributed by atoms with Crippen LogP contribution in [0.1, 0.15) is 17.4 Å². The van der Waals surface area contributed by atoms with Crippen LogP contribution in [0.5, 0.6) is 0 Å². The fourth-order valence-corrected chi connectivity index (χ4v) is 2.71. The number of fused-ring (bicyclic) bond motifs is 1. The average Bonchev–Trinajstić information content (AvgIpc) is 3.09. The first-order valence-electron chi connectivity index (χ1n) is 7.80. The van der Waals surface area contributed by atoms with Crippen molar-refractivity contribution in [3.8, 4) is 0 Å². The number of rotatable bonds is 2. The van der Waals surface area contributed by atoms with Gasteiger partial charge in [-0.25, -0.2) is 9.31 Å². The molecule has 0 aliphatic carbocycles. The van der Waals surface area contributed by atoms with Crippen LogP contribution in [0.3, 0.4) is 0 Å². The van der Waals surface area contributed by atoms with Gasteiger partial charge < -0.3 is 14.5 Å². The predicted octanol–water partition coefficient (Wildman–Crippen LogP) is 0.182. The summed E-state index contributed by atoms with van der Waals surface area (Å²) in [5.74, 6) is -1.65. The molecular weight excluding hydrogens is 312 g/mol. The number of piperazine rings is 1. The van der Waals surface area contributed by atoms with E-state index in [0.29, 0.717) is 31.9 Å². The van der Waals surface area contributed by atoms with Crippen LogP contribution in [0.25, 0.3) is 5.52 Å². The van der Waals surface area contributed by atoms with Crippen molar-refractivity contribution in [2.24, 2.45) is 0 Å². The van der Waals surface area contributed by atoms with Crippen molar-refractivity contribution >= 4 is 23.3 Å². The van der Waals surface area contributed by atoms with Crippen LogP contribution in [-0.2, 0) is 14.3 Å². The van der Waals surface area contributed by atoms with Crippen molar-refractivity contribution in [3.05, 3.63) is 36.2 Å². The van der Waals surface area contributed by atoms with Crippen molar-refractivity contribution in [1.29, 1.82) is 0 Å². The first kappa shape index (κ1) is 16.0. The first-order valence-corrected chi connectivity index (χ1v) is 7.80. The van der Waals surface area contributed by atoms with E-state index < -0.39 is 11.9 Å². The molecule has 0 aromatic carbocycles. The quantitative estimate of drug-likeness (QED) is 0.579. The van der Waals surface area contributed by atoms with Gasteiger partial charge >= 0.3 is 11.9 Å². The maximum Gasteiger partial charge on any atom is 0.397 e. The molecule has 1 aliphatic heterocycles. The number of carbonyl (C=O) groups excluding carboxylic acids is 3. The number of ether oxygens (including phenoxy) is 1. The molecule has 0 spiro atoms. The van der Waals surface area contributed by atoms with Gasteiger partial charge in [-0.1, -0.05) is 6.07 Å². The van der Waals surface area contributed by atoms with E-state index in [9.17, 15) is 14.4 Å². The Bertz CT molecular complexity index is 777. The summed E-state index contributed by atoms with van der Waals surface area (Å²) in [7, 11) is 0. The van der Waals surface area contributed by atoms with E-state index in [1.165, 1.54) is 4.90 Å². The second kappa shape index (κ2) is 6.69. The minimum Gasteiger partial charge on any atom is -0.459 e. The van der Waals surface area contributed by atoms with Crippen LogP contribution in [-0.4, -0.2) is 70.0 Å². The van der Waals surface area contributed by atoms with Crippen LogP contribution in [0.15, 0.2) is 30.5 Å². The first-order chi connectivity index (χ1) is 11.6. The van der Waals surface area contributed by atoms with E-state index in [1.54, 1.807) is 28.6 Å². The highest BCUT2D eigenvalue weighted by Gasteiger charge is 2.29. The summed E-state index contributed by atoms with van der Waals surface area (Å²) in [6.07, 6.45) is 1.64. The van der Waals surface area contributed by atoms with Gasteiger partial charge in [0.15, 0.2) is 0 Å². The Morgan fingerprint density at radius 1 is 1.08 bits per heavy atom. The summed E-state index contributed by atoms with van der Waals surface area (Å²) in [6.45, 7) is 3.15. The maximum atomic E-state index is 12.7. The summed E-state index contributed by atoms with van der Waals surface area (Å²) < 4.78 is 6.31. The summed E-state index contributed by atoms with van der Waals surface area (Å²) in [6, 6.07) is 7.23. The van der Waals surface area contributed by atoms with E-state index in [1.807, 2.05) is 18.2 Å². The summed E-state index contributed by atoms with van der Waals surface area (Å²) in [4.78, 5) is 39.2. The Kier molecular flexibility index (Phi) is 4.45. The molecule has 3 rings (SSSR count). The molecule has 1 fully saturated rings. The molecule has 126 valence electrons. The molecule has 8 heteroatoms. The van der Waals surface area contributed by atoms with Gasteiger partial charge in [-0.2, -0.15) is 5.10 Å². The van der Waals surface area contributed by atoms with Crippen molar-refractivity contribution in [2.75, 3.05) is 32.8 Å². The highest BCUT2D eigenvalue weighted by molar-refractivity contribution is 6.32. The highest BCUT2D eigenvalue weighted by atomic mass is 16.5. The standard InChI is InChI=1S/C16H18N4O4/c1-2-24-16(23)15(22)19-10-8-18(9-11-19)14(21)13-5-3-4-12-6-7-17-20(12)13/h3-7H,2,8-11H2,1H3. The van der Waals surface area contributed by atoms with Crippen molar-refractivity contribution < 1.29 is 19.1 Å². The van der Waals surface area contributed by atoms with Gasteiger partial charge in [0.25, 0.3) is 5.91 Å². The summed E-state index contributed by atoms with van der Waals surface area (Å²) >= 11 is 0. The predicted molar refractivity (Wildman–Crippen MR) is 84.3 cm³/mol. The van der Waals surface area contributed by atoms with E-state index in [4.69, 9.17) is 4.74 Å². The average molecular weight is 330 g/mol. The number of carbonyl (C=O) groups is 3. The number of hydrogen-bond donors (Lipinski definition) is 0. The molecule has 0 N–H and O–H groups in total. The molecule has 1 saturated heterocycles. The third-order valence-corrected chi connectivity index (χ3v) is 3.94. The Labute approximate surface area is 138 Å². The molecule has 0 saturated carbocycles. The Balaban J connectivity index is 1.66. The summed E-state index contributed by atoms with van der Waals surface area (Å²) in [5.41, 5.74) is 1.32. The highest BCUT2D eigenvalue weighted by Crippen LogP contribution is 2.12. The van der Waals surface area contributed by atoms with Gasteiger partial charge in [0.1, 0.15) is 5.69 Å². The Morgan fingerprint density at radius 3 is 2.50 bits per heavy atom. The number of hydrogen-bond acceptors (Lipinski definition) is 5. The topological polar surface area (TPSA) is 84.2 Å². The molecule has 0 bridgehead atoms. The van der Waals surface area contributed by atoms with Crippen molar-refractivity contribution in [3.63, 3.8) is 0 Å². The molecule has 8 nitrogen and oxygen atoms in total. The van der Waals surface area contributed by atoms with Crippen LogP contribution in [0, 0.1) is 0 Å². The van der Waals surface area contributed by atoms with Crippen LogP contribution in [0.4, 0.5) is 0 Å². The van der Waals surface area contributed by atoms with Gasteiger partial charge in [-0.15, -0.1) is 0 Å². The minimum absolute atomic E-state index is 0.146. The molecule has 0 unspecified atom stereocenters. The molecule has 0 radical (unpaired) electrons. The normalized spacial score (nSPS) is 14.7. The lowest BCUT2D eigenvalue weighted by Crippen LogP contribution is -2.52. The smallest absolute Gasteiger partial charge is 0.397 e. The van der Waals surface area contributed by atoms with Gasteiger partial charge in [0.05, 0.1) is 18.3 Å². The molecule has 2 amide bonds. The number of aromatic nitrogens is 2. The number of amides is 2. The largest absolute Gasteiger partial charge is 0.459 e. The van der Waals surface area contributed by atoms with Crippen LogP contribution in [0.2, 0.25) is 0 Å². The van der Waals surface area contributed by atoms with Crippen molar-refractivity contribution in [2.45, 2.75) is 6.92 Å². The zero-order valence-corrected chi connectivity index (χ0v) is 13.3. The third kappa shape index (κ3) is 2.94. The Morgan fingerprint density at radius 2 is 1.79 bits per heavy atom. The van der Waals surface area contributed by atoms with E-state index >= 15 is 0 Å². The maximum absolute atomic E-state index is 12.7. The van der Waals surface area contributed by atoms with E-state index in [0.717, 1.165) is 5.52 Å². The second-order valence-corrected chi connectivity index (χ2v) is 5.38. The fraction of sp³-hybridized carbons (Fsp3) is 0.375. The molecular formula is C16H18N4O4. The fourth-order valence-electron chi connectivity index (χ4n) is 2.71. The molecule has 24 heavy (non-hydrogen) atoms. The number of nitrogens with zero attached hydrogens (tertiary/aromatic N) is 4. The van der Waals surface area contributed by atoms with Gasteiger partial charge in [0, 0.05) is 26.2 Å². The Hall–Kier alpha value is -2.90. The van der Waals surface area contributed by atoms with Gasteiger partial charge in [0.2, 0.25) is 0 Å². The molecule has 2 aromatic heterocycles. The zero-order valence-electron chi connectivity index (χ0n) is 13.3. The van der Waals surface area contributed by atoms with Gasteiger partial charge in [-0.05, 0) is 25.1 Å². The lowest BCUT2D eigenvalue weighted by molar-refractivity contribution is -0.160. The minimum atomic E-state index is -0.849. The van der Waals surface area contributed by atoms with Crippen molar-refractivity contribution in [1.82, 2.24) is 19.4 Å². The number of esters is 1. The second-order valence-electron chi connectivity index (χ2n) is 5.38. The van der Waals surface area contributed by atoms with Gasteiger partial charge in [-0.3, -0.25) is 9.59 Å². The summed E-state index contributed by atoms with van der Waals surface area (Å²) in [5, 5.41) is 4.16. The lowest BCUT2D eigenvalue weighted by atomic mass is 10.2. The zero-order chi connectivity index (χ0) is 17.1.